The molecule has 0 bridgehead atoms. The van der Waals surface area contributed by atoms with Crippen LogP contribution >= 0.6 is 15.9 Å². The van der Waals surface area contributed by atoms with Crippen molar-refractivity contribution in [2.24, 2.45) is 0 Å². The summed E-state index contributed by atoms with van der Waals surface area (Å²) in [4.78, 5) is 4.48. The average Bonchev–Trinajstić information content (AvgIpc) is 2.88. The lowest BCUT2D eigenvalue weighted by Crippen LogP contribution is -2.42. The van der Waals surface area contributed by atoms with Crippen molar-refractivity contribution in [2.75, 3.05) is 19.8 Å². The summed E-state index contributed by atoms with van der Waals surface area (Å²) in [5.74, 6) is 1.28. The largest absolute Gasteiger partial charge is 0.378 e. The molecule has 0 amide bonds. The molecule has 2 heterocycles. The van der Waals surface area contributed by atoms with Crippen molar-refractivity contribution in [2.45, 2.75) is 19.4 Å². The highest BCUT2D eigenvalue weighted by Gasteiger charge is 2.18. The Morgan fingerprint density at radius 2 is 2.35 bits per heavy atom. The van der Waals surface area contributed by atoms with Crippen LogP contribution in [0.2, 0.25) is 0 Å². The molecule has 1 aromatic carbocycles. The number of nitrogens with zero attached hydrogens (tertiary/aromatic N) is 2. The second-order valence-corrected chi connectivity index (χ2v) is 5.82. The molecule has 6 heteroatoms. The number of ether oxygens (including phenoxy) is 1. The summed E-state index contributed by atoms with van der Waals surface area (Å²) in [6.45, 7) is 4.36. The third-order valence-electron chi connectivity index (χ3n) is 3.32. The Balaban J connectivity index is 1.75. The number of halogens is 1. The monoisotopic (exact) mass is 337 g/mol. The van der Waals surface area contributed by atoms with E-state index in [-0.39, 0.29) is 6.04 Å². The van der Waals surface area contributed by atoms with Gasteiger partial charge in [-0.3, -0.25) is 0 Å². The first-order valence-corrected chi connectivity index (χ1v) is 7.42. The van der Waals surface area contributed by atoms with Gasteiger partial charge < -0.3 is 14.6 Å². The number of benzene rings is 1. The average molecular weight is 338 g/mol. The third-order valence-corrected chi connectivity index (χ3v) is 3.81. The molecule has 0 saturated carbocycles. The van der Waals surface area contributed by atoms with E-state index in [9.17, 15) is 0 Å². The Kier molecular flexibility index (Phi) is 4.14. The van der Waals surface area contributed by atoms with Gasteiger partial charge in [0.2, 0.25) is 11.7 Å². The highest BCUT2D eigenvalue weighted by molar-refractivity contribution is 9.10. The van der Waals surface area contributed by atoms with Crippen LogP contribution in [0.15, 0.2) is 27.2 Å². The third kappa shape index (κ3) is 3.08. The van der Waals surface area contributed by atoms with Crippen molar-refractivity contribution in [3.8, 4) is 11.4 Å². The first-order chi connectivity index (χ1) is 9.72. The molecular formula is C14H16BrN3O2. The summed E-state index contributed by atoms with van der Waals surface area (Å²) >= 11 is 3.45. The molecule has 3 rings (SSSR count). The SMILES string of the molecule is Cc1cc(Br)ccc1-c1noc(CC2COCCN2)n1. The fraction of sp³-hybridized carbons (Fsp3) is 0.429. The lowest BCUT2D eigenvalue weighted by Gasteiger charge is -2.22. The summed E-state index contributed by atoms with van der Waals surface area (Å²) in [5, 5.41) is 7.45. The highest BCUT2D eigenvalue weighted by atomic mass is 79.9. The molecule has 1 N–H and O–H groups in total. The Hall–Kier alpha value is -1.24. The van der Waals surface area contributed by atoms with Crippen LogP contribution in [0.5, 0.6) is 0 Å². The molecule has 1 aliphatic heterocycles. The standard InChI is InChI=1S/C14H16BrN3O2/c1-9-6-10(15)2-3-12(9)14-17-13(20-18-14)7-11-8-19-5-4-16-11/h2-3,6,11,16H,4-5,7-8H2,1H3. The minimum Gasteiger partial charge on any atom is -0.378 e. The van der Waals surface area contributed by atoms with Crippen LogP contribution < -0.4 is 5.32 Å². The number of aromatic nitrogens is 2. The molecule has 0 radical (unpaired) electrons. The van der Waals surface area contributed by atoms with Crippen LogP contribution in [0.4, 0.5) is 0 Å². The summed E-state index contributed by atoms with van der Waals surface area (Å²) in [6.07, 6.45) is 0.697. The van der Waals surface area contributed by atoms with Gasteiger partial charge in [0.25, 0.3) is 0 Å². The topological polar surface area (TPSA) is 60.2 Å². The van der Waals surface area contributed by atoms with Crippen LogP contribution in [0.25, 0.3) is 11.4 Å². The maximum absolute atomic E-state index is 5.42. The van der Waals surface area contributed by atoms with Crippen LogP contribution in [-0.4, -0.2) is 35.9 Å². The van der Waals surface area contributed by atoms with Gasteiger partial charge in [-0.25, -0.2) is 0 Å². The van der Waals surface area contributed by atoms with Crippen LogP contribution in [0, 0.1) is 6.92 Å². The second kappa shape index (κ2) is 6.03. The van der Waals surface area contributed by atoms with Gasteiger partial charge in [0.05, 0.1) is 13.2 Å². The van der Waals surface area contributed by atoms with Gasteiger partial charge in [0.15, 0.2) is 0 Å². The van der Waals surface area contributed by atoms with Gasteiger partial charge in [0.1, 0.15) is 0 Å². The molecule has 0 aliphatic carbocycles. The normalized spacial score (nSPS) is 19.2. The molecule has 106 valence electrons. The maximum Gasteiger partial charge on any atom is 0.228 e. The van der Waals surface area contributed by atoms with Crippen molar-refractivity contribution in [1.82, 2.24) is 15.5 Å². The number of hydrogen-bond acceptors (Lipinski definition) is 5. The van der Waals surface area contributed by atoms with Gasteiger partial charge >= 0.3 is 0 Å². The Labute approximate surface area is 125 Å². The lowest BCUT2D eigenvalue weighted by molar-refractivity contribution is 0.0744. The Bertz CT molecular complexity index is 594. The summed E-state index contributed by atoms with van der Waals surface area (Å²) < 4.78 is 11.8. The first-order valence-electron chi connectivity index (χ1n) is 6.62. The van der Waals surface area contributed by atoms with E-state index >= 15 is 0 Å². The van der Waals surface area contributed by atoms with Gasteiger partial charge in [-0.05, 0) is 30.7 Å². The lowest BCUT2D eigenvalue weighted by atomic mass is 10.1. The number of aryl methyl sites for hydroxylation is 1. The van der Waals surface area contributed by atoms with Crippen molar-refractivity contribution in [3.05, 3.63) is 34.1 Å². The first kappa shape index (κ1) is 13.7. The summed E-state index contributed by atoms with van der Waals surface area (Å²) in [5.41, 5.74) is 2.11. The summed E-state index contributed by atoms with van der Waals surface area (Å²) in [6, 6.07) is 6.27. The van der Waals surface area contributed by atoms with Crippen LogP contribution in [-0.2, 0) is 11.2 Å². The van der Waals surface area contributed by atoms with E-state index in [2.05, 4.69) is 31.4 Å². The minimum atomic E-state index is 0.253. The second-order valence-electron chi connectivity index (χ2n) is 4.90. The van der Waals surface area contributed by atoms with Gasteiger partial charge in [-0.15, -0.1) is 0 Å². The molecular weight excluding hydrogens is 322 g/mol. The molecule has 1 atom stereocenters. The molecule has 5 nitrogen and oxygen atoms in total. The maximum atomic E-state index is 5.42. The van der Waals surface area contributed by atoms with Crippen molar-refractivity contribution >= 4 is 15.9 Å². The fourth-order valence-corrected chi connectivity index (χ4v) is 2.76. The van der Waals surface area contributed by atoms with Crippen LogP contribution in [0.3, 0.4) is 0 Å². The molecule has 1 unspecified atom stereocenters. The van der Waals surface area contributed by atoms with Gasteiger partial charge in [-0.2, -0.15) is 4.98 Å². The fourth-order valence-electron chi connectivity index (χ4n) is 2.29. The zero-order valence-corrected chi connectivity index (χ0v) is 12.8. The van der Waals surface area contributed by atoms with Crippen molar-refractivity contribution in [1.29, 1.82) is 0 Å². The van der Waals surface area contributed by atoms with Gasteiger partial charge in [-0.1, -0.05) is 21.1 Å². The predicted molar refractivity (Wildman–Crippen MR) is 78.5 cm³/mol. The minimum absolute atomic E-state index is 0.253. The Morgan fingerprint density at radius 1 is 1.45 bits per heavy atom. The Morgan fingerprint density at radius 3 is 3.10 bits per heavy atom. The molecule has 1 fully saturated rings. The van der Waals surface area contributed by atoms with E-state index in [4.69, 9.17) is 9.26 Å². The van der Waals surface area contributed by atoms with E-state index in [0.29, 0.717) is 24.7 Å². The number of rotatable bonds is 3. The van der Waals surface area contributed by atoms with E-state index < -0.39 is 0 Å². The van der Waals surface area contributed by atoms with Crippen molar-refractivity contribution < 1.29 is 9.26 Å². The quantitative estimate of drug-likeness (QED) is 0.931. The molecule has 20 heavy (non-hydrogen) atoms. The zero-order chi connectivity index (χ0) is 13.9. The van der Waals surface area contributed by atoms with Crippen LogP contribution in [0.1, 0.15) is 11.5 Å². The summed E-state index contributed by atoms with van der Waals surface area (Å²) in [7, 11) is 0. The van der Waals surface area contributed by atoms with Gasteiger partial charge in [0, 0.05) is 29.0 Å². The molecule has 1 saturated heterocycles. The molecule has 1 aliphatic rings. The zero-order valence-electron chi connectivity index (χ0n) is 11.2. The number of hydrogen-bond donors (Lipinski definition) is 1. The number of nitrogens with one attached hydrogen (secondary N) is 1. The molecule has 0 spiro atoms. The number of morpholine rings is 1. The van der Waals surface area contributed by atoms with E-state index in [1.807, 2.05) is 25.1 Å². The van der Waals surface area contributed by atoms with E-state index in [1.54, 1.807) is 0 Å². The molecule has 2 aromatic rings. The van der Waals surface area contributed by atoms with E-state index in [1.165, 1.54) is 0 Å². The molecule has 1 aromatic heterocycles. The predicted octanol–water partition coefficient (Wildman–Crippen LogP) is 2.34. The van der Waals surface area contributed by atoms with Crippen molar-refractivity contribution in [3.63, 3.8) is 0 Å². The highest BCUT2D eigenvalue weighted by Crippen LogP contribution is 2.24. The van der Waals surface area contributed by atoms with E-state index in [0.717, 1.165) is 28.8 Å². The smallest absolute Gasteiger partial charge is 0.228 e.